The Bertz CT molecular complexity index is 1240. The van der Waals surface area contributed by atoms with Crippen LogP contribution < -0.4 is 15.0 Å². The monoisotopic (exact) mass is 440 g/mol. The van der Waals surface area contributed by atoms with Gasteiger partial charge in [-0.2, -0.15) is 0 Å². The lowest BCUT2D eigenvalue weighted by Crippen LogP contribution is -2.30. The Labute approximate surface area is 193 Å². The number of aryl methyl sites for hydroxylation is 1. The highest BCUT2D eigenvalue weighted by atomic mass is 32.1. The number of nitrogens with zero attached hydrogens (tertiary/aromatic N) is 3. The number of aromatic nitrogens is 2. The molecular formula is C26H24N4OS. The minimum atomic E-state index is -0.103. The molecule has 0 radical (unpaired) electrons. The predicted octanol–water partition coefficient (Wildman–Crippen LogP) is 5.37. The third-order valence-corrected chi connectivity index (χ3v) is 6.15. The van der Waals surface area contributed by atoms with Crippen molar-refractivity contribution in [2.75, 3.05) is 12.0 Å². The molecule has 2 aromatic carbocycles. The van der Waals surface area contributed by atoms with Crippen LogP contribution in [0.15, 0.2) is 91.3 Å². The van der Waals surface area contributed by atoms with Crippen molar-refractivity contribution in [3.63, 3.8) is 0 Å². The smallest absolute Gasteiger partial charge is 0.174 e. The molecule has 4 aromatic rings. The Morgan fingerprint density at radius 3 is 2.47 bits per heavy atom. The van der Waals surface area contributed by atoms with E-state index in [1.54, 1.807) is 7.11 Å². The van der Waals surface area contributed by atoms with Crippen LogP contribution in [0.3, 0.4) is 0 Å². The summed E-state index contributed by atoms with van der Waals surface area (Å²) in [6.07, 6.45) is 3.89. The SMILES string of the molecule is COc1ccccc1-n1cccc1[C@H]1[C@@H](c2ccccn2)NC(=S)N1c1ccc(C)cc1. The van der Waals surface area contributed by atoms with E-state index in [4.69, 9.17) is 17.0 Å². The molecule has 6 heteroatoms. The van der Waals surface area contributed by atoms with Crippen LogP contribution in [0.1, 0.15) is 29.0 Å². The lowest BCUT2D eigenvalue weighted by molar-refractivity contribution is 0.412. The van der Waals surface area contributed by atoms with Gasteiger partial charge in [0, 0.05) is 23.8 Å². The molecule has 0 unspecified atom stereocenters. The summed E-state index contributed by atoms with van der Waals surface area (Å²) in [5.41, 5.74) is 5.28. The molecule has 1 aliphatic heterocycles. The van der Waals surface area contributed by atoms with Crippen molar-refractivity contribution < 1.29 is 4.74 Å². The van der Waals surface area contributed by atoms with Gasteiger partial charge in [0.25, 0.3) is 0 Å². The van der Waals surface area contributed by atoms with Crippen molar-refractivity contribution in [2.45, 2.75) is 19.0 Å². The lowest BCUT2D eigenvalue weighted by atomic mass is 10.0. The zero-order valence-electron chi connectivity index (χ0n) is 18.0. The molecule has 0 amide bonds. The molecule has 0 saturated carbocycles. The van der Waals surface area contributed by atoms with E-state index in [-0.39, 0.29) is 12.1 Å². The third-order valence-electron chi connectivity index (χ3n) is 5.84. The molecule has 32 heavy (non-hydrogen) atoms. The predicted molar refractivity (Wildman–Crippen MR) is 131 cm³/mol. The molecule has 2 atom stereocenters. The molecule has 160 valence electrons. The van der Waals surface area contributed by atoms with Crippen molar-refractivity contribution in [1.29, 1.82) is 0 Å². The maximum absolute atomic E-state index is 5.85. The first-order chi connectivity index (χ1) is 15.7. The lowest BCUT2D eigenvalue weighted by Gasteiger charge is -2.29. The minimum absolute atomic E-state index is 0.0972. The average Bonchev–Trinajstić information content (AvgIpc) is 3.44. The molecule has 5 nitrogen and oxygen atoms in total. The number of nitrogens with one attached hydrogen (secondary N) is 1. The zero-order valence-corrected chi connectivity index (χ0v) is 18.8. The Balaban J connectivity index is 1.68. The summed E-state index contributed by atoms with van der Waals surface area (Å²) in [6, 6.07) is 26.5. The van der Waals surface area contributed by atoms with Gasteiger partial charge in [-0.1, -0.05) is 35.9 Å². The van der Waals surface area contributed by atoms with E-state index in [0.717, 1.165) is 28.5 Å². The second-order valence-electron chi connectivity index (χ2n) is 7.81. The minimum Gasteiger partial charge on any atom is -0.495 e. The summed E-state index contributed by atoms with van der Waals surface area (Å²) in [5, 5.41) is 4.21. The first-order valence-corrected chi connectivity index (χ1v) is 11.0. The van der Waals surface area contributed by atoms with Gasteiger partial charge in [-0.25, -0.2) is 0 Å². The fourth-order valence-corrected chi connectivity index (χ4v) is 4.67. The second kappa shape index (κ2) is 8.48. The molecule has 0 aliphatic carbocycles. The Kier molecular flexibility index (Phi) is 5.37. The molecule has 1 N–H and O–H groups in total. The number of methoxy groups -OCH3 is 1. The topological polar surface area (TPSA) is 42.3 Å². The van der Waals surface area contributed by atoms with Crippen molar-refractivity contribution in [1.82, 2.24) is 14.9 Å². The van der Waals surface area contributed by atoms with Gasteiger partial charge < -0.3 is 19.5 Å². The van der Waals surface area contributed by atoms with Gasteiger partial charge in [0.15, 0.2) is 5.11 Å². The van der Waals surface area contributed by atoms with E-state index in [2.05, 4.69) is 75.4 Å². The quantitative estimate of drug-likeness (QED) is 0.423. The van der Waals surface area contributed by atoms with E-state index >= 15 is 0 Å². The van der Waals surface area contributed by atoms with Gasteiger partial charge in [-0.3, -0.25) is 4.98 Å². The Hall–Kier alpha value is -3.64. The summed E-state index contributed by atoms with van der Waals surface area (Å²) >= 11 is 5.85. The summed E-state index contributed by atoms with van der Waals surface area (Å²) in [6.45, 7) is 2.09. The molecule has 1 fully saturated rings. The van der Waals surface area contributed by atoms with E-state index in [1.807, 2.05) is 42.6 Å². The number of hydrogen-bond acceptors (Lipinski definition) is 3. The van der Waals surface area contributed by atoms with Crippen molar-refractivity contribution in [3.8, 4) is 11.4 Å². The summed E-state index contributed by atoms with van der Waals surface area (Å²) < 4.78 is 7.83. The van der Waals surface area contributed by atoms with E-state index in [0.29, 0.717) is 5.11 Å². The number of anilines is 1. The molecular weight excluding hydrogens is 416 g/mol. The Morgan fingerprint density at radius 1 is 0.938 bits per heavy atom. The largest absolute Gasteiger partial charge is 0.495 e. The maximum Gasteiger partial charge on any atom is 0.174 e. The van der Waals surface area contributed by atoms with Crippen molar-refractivity contribution in [2.24, 2.45) is 0 Å². The third kappa shape index (κ3) is 3.52. The van der Waals surface area contributed by atoms with Gasteiger partial charge in [0.05, 0.1) is 24.5 Å². The molecule has 1 saturated heterocycles. The average molecular weight is 441 g/mol. The van der Waals surface area contributed by atoms with Gasteiger partial charge in [0.1, 0.15) is 11.8 Å². The zero-order chi connectivity index (χ0) is 22.1. The molecule has 0 spiro atoms. The number of benzene rings is 2. The first-order valence-electron chi connectivity index (χ1n) is 10.6. The van der Waals surface area contributed by atoms with Gasteiger partial charge >= 0.3 is 0 Å². The highest BCUT2D eigenvalue weighted by Gasteiger charge is 2.42. The van der Waals surface area contributed by atoms with Crippen LogP contribution in [0.2, 0.25) is 0 Å². The van der Waals surface area contributed by atoms with Crippen LogP contribution in [-0.2, 0) is 0 Å². The fraction of sp³-hybridized carbons (Fsp3) is 0.154. The molecule has 5 rings (SSSR count). The van der Waals surface area contributed by atoms with Crippen LogP contribution >= 0.6 is 12.2 Å². The van der Waals surface area contributed by atoms with Crippen LogP contribution in [0.5, 0.6) is 5.75 Å². The second-order valence-corrected chi connectivity index (χ2v) is 8.19. The number of para-hydroxylation sites is 2. The molecule has 1 aliphatic rings. The number of thiocarbonyl (C=S) groups is 1. The van der Waals surface area contributed by atoms with Crippen LogP contribution in [0.25, 0.3) is 5.69 Å². The highest BCUT2D eigenvalue weighted by Crippen LogP contribution is 2.42. The number of ether oxygens (including phenoxy) is 1. The molecule has 2 aromatic heterocycles. The van der Waals surface area contributed by atoms with Gasteiger partial charge in [0.2, 0.25) is 0 Å². The number of pyridine rings is 1. The molecule has 3 heterocycles. The first kappa shape index (κ1) is 20.3. The van der Waals surface area contributed by atoms with Crippen LogP contribution in [0.4, 0.5) is 5.69 Å². The normalized spacial score (nSPS) is 17.9. The van der Waals surface area contributed by atoms with Crippen molar-refractivity contribution in [3.05, 3.63) is 108 Å². The number of rotatable bonds is 5. The van der Waals surface area contributed by atoms with Gasteiger partial charge in [-0.05, 0) is 67.7 Å². The Morgan fingerprint density at radius 2 is 1.72 bits per heavy atom. The summed E-state index contributed by atoms with van der Waals surface area (Å²) in [5.74, 6) is 0.815. The summed E-state index contributed by atoms with van der Waals surface area (Å²) in [4.78, 5) is 6.84. The van der Waals surface area contributed by atoms with Crippen LogP contribution in [0, 0.1) is 6.92 Å². The van der Waals surface area contributed by atoms with E-state index in [9.17, 15) is 0 Å². The van der Waals surface area contributed by atoms with Gasteiger partial charge in [-0.15, -0.1) is 0 Å². The highest BCUT2D eigenvalue weighted by molar-refractivity contribution is 7.80. The standard InChI is InChI=1S/C26H24N4OS/c1-18-12-14-19(15-13-18)30-25(24(28-26(30)32)20-8-5-6-16-27-20)22-10-7-17-29(22)21-9-3-4-11-23(21)31-2/h3-17,24-25H,1-2H3,(H,28,32)/t24-,25+/m1/s1. The fourth-order valence-electron chi connectivity index (χ4n) is 4.32. The van der Waals surface area contributed by atoms with E-state index < -0.39 is 0 Å². The molecule has 0 bridgehead atoms. The summed E-state index contributed by atoms with van der Waals surface area (Å²) in [7, 11) is 1.70. The maximum atomic E-state index is 5.85. The number of hydrogen-bond donors (Lipinski definition) is 1. The van der Waals surface area contributed by atoms with E-state index in [1.165, 1.54) is 5.56 Å². The van der Waals surface area contributed by atoms with Crippen molar-refractivity contribution >= 4 is 23.0 Å². The van der Waals surface area contributed by atoms with Crippen LogP contribution in [-0.4, -0.2) is 21.8 Å².